The molecule has 1 saturated heterocycles. The molecule has 21 heavy (non-hydrogen) atoms. The molecule has 112 valence electrons. The number of benzene rings is 1. The normalized spacial score (nSPS) is 17.7. The first-order valence-electron chi connectivity index (χ1n) is 6.89. The van der Waals surface area contributed by atoms with Gasteiger partial charge in [0.05, 0.1) is 0 Å². The molecule has 0 spiro atoms. The summed E-state index contributed by atoms with van der Waals surface area (Å²) >= 11 is 0. The standard InChI is InChI=1S/C15H19N3O3/c1-11(19)17(12-6-4-3-5-7-12)10-18-13(15(21)16-2)8-9-14(18)20/h3-7,13H,8-10H2,1-2H3,(H,16,21)/t13-/m1/s1. The minimum absolute atomic E-state index is 0.0935. The van der Waals surface area contributed by atoms with E-state index in [9.17, 15) is 14.4 Å². The number of hydrogen-bond donors (Lipinski definition) is 1. The van der Waals surface area contributed by atoms with Crippen molar-refractivity contribution in [3.05, 3.63) is 30.3 Å². The summed E-state index contributed by atoms with van der Waals surface area (Å²) in [5, 5.41) is 2.56. The van der Waals surface area contributed by atoms with Gasteiger partial charge in [-0.2, -0.15) is 0 Å². The maximum Gasteiger partial charge on any atom is 0.242 e. The zero-order valence-electron chi connectivity index (χ0n) is 12.2. The molecular weight excluding hydrogens is 270 g/mol. The molecule has 1 N–H and O–H groups in total. The van der Waals surface area contributed by atoms with Crippen molar-refractivity contribution >= 4 is 23.4 Å². The fraction of sp³-hybridized carbons (Fsp3) is 0.400. The third kappa shape index (κ3) is 3.21. The average molecular weight is 289 g/mol. The fourth-order valence-electron chi connectivity index (χ4n) is 2.47. The van der Waals surface area contributed by atoms with E-state index in [0.29, 0.717) is 18.5 Å². The van der Waals surface area contributed by atoms with E-state index >= 15 is 0 Å². The van der Waals surface area contributed by atoms with Crippen LogP contribution in [0.2, 0.25) is 0 Å². The third-order valence-electron chi connectivity index (χ3n) is 3.62. The predicted octanol–water partition coefficient (Wildman–Crippen LogP) is 0.734. The van der Waals surface area contributed by atoms with Crippen molar-refractivity contribution < 1.29 is 14.4 Å². The lowest BCUT2D eigenvalue weighted by Gasteiger charge is -2.30. The second-order valence-electron chi connectivity index (χ2n) is 4.96. The topological polar surface area (TPSA) is 69.7 Å². The van der Waals surface area contributed by atoms with Crippen molar-refractivity contribution in [2.45, 2.75) is 25.8 Å². The van der Waals surface area contributed by atoms with Crippen molar-refractivity contribution in [2.75, 3.05) is 18.6 Å². The maximum atomic E-state index is 12.0. The molecule has 0 aliphatic carbocycles. The number of nitrogens with zero attached hydrogens (tertiary/aromatic N) is 2. The Morgan fingerprint density at radius 2 is 2.00 bits per heavy atom. The quantitative estimate of drug-likeness (QED) is 0.888. The highest BCUT2D eigenvalue weighted by molar-refractivity contribution is 5.94. The Hall–Kier alpha value is -2.37. The molecule has 1 aliphatic heterocycles. The van der Waals surface area contributed by atoms with Crippen LogP contribution in [0.4, 0.5) is 5.69 Å². The Bertz CT molecular complexity index is 544. The van der Waals surface area contributed by atoms with Crippen LogP contribution in [0.1, 0.15) is 19.8 Å². The van der Waals surface area contributed by atoms with Crippen molar-refractivity contribution in [2.24, 2.45) is 0 Å². The van der Waals surface area contributed by atoms with Gasteiger partial charge < -0.3 is 10.2 Å². The minimum atomic E-state index is -0.506. The van der Waals surface area contributed by atoms with Crippen molar-refractivity contribution in [1.29, 1.82) is 0 Å². The highest BCUT2D eigenvalue weighted by Crippen LogP contribution is 2.22. The molecule has 1 atom stereocenters. The first-order valence-corrected chi connectivity index (χ1v) is 6.89. The Balaban J connectivity index is 2.21. The number of amides is 3. The molecule has 3 amide bonds. The monoisotopic (exact) mass is 289 g/mol. The molecule has 0 aromatic heterocycles. The van der Waals surface area contributed by atoms with Crippen LogP contribution in [0.5, 0.6) is 0 Å². The second-order valence-corrected chi connectivity index (χ2v) is 4.96. The summed E-state index contributed by atoms with van der Waals surface area (Å²) in [4.78, 5) is 38.7. The van der Waals surface area contributed by atoms with E-state index in [4.69, 9.17) is 0 Å². The molecular formula is C15H19N3O3. The number of nitrogens with one attached hydrogen (secondary N) is 1. The summed E-state index contributed by atoms with van der Waals surface area (Å²) in [5.74, 6) is -0.472. The van der Waals surface area contributed by atoms with Crippen LogP contribution in [0, 0.1) is 0 Å². The summed E-state index contributed by atoms with van der Waals surface area (Å²) in [6.45, 7) is 1.54. The van der Waals surface area contributed by atoms with Crippen LogP contribution in [0.3, 0.4) is 0 Å². The Morgan fingerprint density at radius 3 is 2.57 bits per heavy atom. The summed E-state index contributed by atoms with van der Waals surface area (Å²) < 4.78 is 0. The number of carbonyl (C=O) groups is 3. The van der Waals surface area contributed by atoms with E-state index < -0.39 is 6.04 Å². The summed E-state index contributed by atoms with van der Waals surface area (Å²) in [7, 11) is 1.54. The molecule has 6 nitrogen and oxygen atoms in total. The van der Waals surface area contributed by atoms with E-state index in [0.717, 1.165) is 0 Å². The minimum Gasteiger partial charge on any atom is -0.357 e. The lowest BCUT2D eigenvalue weighted by atomic mass is 10.2. The Labute approximate surface area is 123 Å². The van der Waals surface area contributed by atoms with Gasteiger partial charge in [0.1, 0.15) is 12.7 Å². The van der Waals surface area contributed by atoms with Crippen LogP contribution in [-0.2, 0) is 14.4 Å². The first-order chi connectivity index (χ1) is 10.0. The number of hydrogen-bond acceptors (Lipinski definition) is 3. The van der Waals surface area contributed by atoms with Crippen LogP contribution in [-0.4, -0.2) is 42.4 Å². The number of para-hydroxylation sites is 1. The van der Waals surface area contributed by atoms with Crippen molar-refractivity contribution in [3.63, 3.8) is 0 Å². The first kappa shape index (κ1) is 15.0. The summed E-state index contributed by atoms with van der Waals surface area (Å²) in [5.41, 5.74) is 0.709. The number of likely N-dealkylation sites (N-methyl/N-ethyl adjacent to an activating group) is 1. The molecule has 1 aliphatic rings. The molecule has 0 radical (unpaired) electrons. The van der Waals surface area contributed by atoms with Crippen LogP contribution in [0.25, 0.3) is 0 Å². The van der Waals surface area contributed by atoms with Gasteiger partial charge in [-0.05, 0) is 18.6 Å². The molecule has 6 heteroatoms. The number of rotatable bonds is 4. The van der Waals surface area contributed by atoms with Gasteiger partial charge in [0.15, 0.2) is 0 Å². The van der Waals surface area contributed by atoms with Gasteiger partial charge in [0, 0.05) is 26.1 Å². The molecule has 1 fully saturated rings. The predicted molar refractivity (Wildman–Crippen MR) is 78.4 cm³/mol. The summed E-state index contributed by atoms with van der Waals surface area (Å²) in [6.07, 6.45) is 0.817. The zero-order chi connectivity index (χ0) is 15.4. The van der Waals surface area contributed by atoms with Crippen LogP contribution in [0.15, 0.2) is 30.3 Å². The van der Waals surface area contributed by atoms with E-state index in [1.54, 1.807) is 19.2 Å². The van der Waals surface area contributed by atoms with E-state index in [-0.39, 0.29) is 24.4 Å². The van der Waals surface area contributed by atoms with Gasteiger partial charge in [-0.1, -0.05) is 18.2 Å². The third-order valence-corrected chi connectivity index (χ3v) is 3.62. The molecule has 1 heterocycles. The molecule has 0 unspecified atom stereocenters. The fourth-order valence-corrected chi connectivity index (χ4v) is 2.47. The van der Waals surface area contributed by atoms with Crippen LogP contribution >= 0.6 is 0 Å². The zero-order valence-corrected chi connectivity index (χ0v) is 12.2. The van der Waals surface area contributed by atoms with Crippen molar-refractivity contribution in [3.8, 4) is 0 Å². The largest absolute Gasteiger partial charge is 0.357 e. The van der Waals surface area contributed by atoms with Gasteiger partial charge in [0.25, 0.3) is 0 Å². The number of likely N-dealkylation sites (tertiary alicyclic amines) is 1. The highest BCUT2D eigenvalue weighted by Gasteiger charge is 2.36. The smallest absolute Gasteiger partial charge is 0.242 e. The van der Waals surface area contributed by atoms with Crippen LogP contribution < -0.4 is 10.2 Å². The lowest BCUT2D eigenvalue weighted by Crippen LogP contribution is -2.49. The molecule has 0 bridgehead atoms. The van der Waals surface area contributed by atoms with Gasteiger partial charge in [-0.15, -0.1) is 0 Å². The van der Waals surface area contributed by atoms with Crippen molar-refractivity contribution in [1.82, 2.24) is 10.2 Å². The lowest BCUT2D eigenvalue weighted by molar-refractivity contribution is -0.135. The van der Waals surface area contributed by atoms with E-state index in [2.05, 4.69) is 5.32 Å². The highest BCUT2D eigenvalue weighted by atomic mass is 16.2. The van der Waals surface area contributed by atoms with Gasteiger partial charge in [-0.3, -0.25) is 19.3 Å². The summed E-state index contributed by atoms with van der Waals surface area (Å²) in [6, 6.07) is 8.61. The van der Waals surface area contributed by atoms with Gasteiger partial charge in [-0.25, -0.2) is 0 Å². The molecule has 1 aromatic rings. The molecule has 1 aromatic carbocycles. The Morgan fingerprint density at radius 1 is 1.33 bits per heavy atom. The van der Waals surface area contributed by atoms with E-state index in [1.165, 1.54) is 16.7 Å². The second kappa shape index (κ2) is 6.39. The molecule has 0 saturated carbocycles. The van der Waals surface area contributed by atoms with E-state index in [1.807, 2.05) is 18.2 Å². The number of anilines is 1. The maximum absolute atomic E-state index is 12.0. The SMILES string of the molecule is CNC(=O)[C@H]1CCC(=O)N1CN(C(C)=O)c1ccccc1. The number of carbonyl (C=O) groups excluding carboxylic acids is 3. The molecule has 2 rings (SSSR count). The average Bonchev–Trinajstić information content (AvgIpc) is 2.85. The van der Waals surface area contributed by atoms with Gasteiger partial charge >= 0.3 is 0 Å². The van der Waals surface area contributed by atoms with Gasteiger partial charge in [0.2, 0.25) is 17.7 Å². The Kier molecular flexibility index (Phi) is 4.57.